The van der Waals surface area contributed by atoms with Crippen molar-refractivity contribution in [3.8, 4) is 5.75 Å². The number of ketones is 1. The van der Waals surface area contributed by atoms with E-state index in [-0.39, 0.29) is 30.6 Å². The number of carbonyl (C=O) groups excluding carboxylic acids is 2. The van der Waals surface area contributed by atoms with Crippen molar-refractivity contribution in [1.29, 1.82) is 0 Å². The van der Waals surface area contributed by atoms with Gasteiger partial charge in [0.1, 0.15) is 5.75 Å². The molecule has 26 heavy (non-hydrogen) atoms. The van der Waals surface area contributed by atoms with Gasteiger partial charge >= 0.3 is 0 Å². The van der Waals surface area contributed by atoms with E-state index in [9.17, 15) is 9.59 Å². The molecule has 3 rings (SSSR count). The maximum absolute atomic E-state index is 12.3. The molecule has 0 saturated carbocycles. The Balaban J connectivity index is 1.52. The van der Waals surface area contributed by atoms with E-state index < -0.39 is 0 Å². The highest BCUT2D eigenvalue weighted by atomic mass is 16.5. The van der Waals surface area contributed by atoms with Gasteiger partial charge in [-0.05, 0) is 61.6 Å². The summed E-state index contributed by atoms with van der Waals surface area (Å²) >= 11 is 0. The van der Waals surface area contributed by atoms with Crippen molar-refractivity contribution in [2.75, 3.05) is 6.61 Å². The molecular weight excluding hydrogens is 326 g/mol. The molecule has 2 aromatic rings. The number of rotatable bonds is 7. The molecule has 0 bridgehead atoms. The third-order valence-electron chi connectivity index (χ3n) is 4.77. The molecule has 0 saturated heterocycles. The average Bonchev–Trinajstić information content (AvgIpc) is 2.67. The Morgan fingerprint density at radius 3 is 2.62 bits per heavy atom. The van der Waals surface area contributed by atoms with Crippen molar-refractivity contribution in [3.05, 3.63) is 65.2 Å². The maximum Gasteiger partial charge on any atom is 0.220 e. The zero-order valence-corrected chi connectivity index (χ0v) is 15.2. The van der Waals surface area contributed by atoms with E-state index in [4.69, 9.17) is 4.74 Å². The first-order valence-electron chi connectivity index (χ1n) is 9.30. The van der Waals surface area contributed by atoms with Gasteiger partial charge in [0.15, 0.2) is 5.78 Å². The Kier molecular flexibility index (Phi) is 6.05. The molecule has 1 amide bonds. The Morgan fingerprint density at radius 1 is 1.08 bits per heavy atom. The van der Waals surface area contributed by atoms with Crippen LogP contribution in [-0.4, -0.2) is 18.3 Å². The van der Waals surface area contributed by atoms with Gasteiger partial charge in [-0.25, -0.2) is 0 Å². The molecule has 1 atom stereocenters. The number of ether oxygens (including phenoxy) is 1. The van der Waals surface area contributed by atoms with Gasteiger partial charge in [-0.1, -0.05) is 24.3 Å². The summed E-state index contributed by atoms with van der Waals surface area (Å²) in [6.45, 7) is 2.51. The van der Waals surface area contributed by atoms with Crippen LogP contribution < -0.4 is 10.1 Å². The Bertz CT molecular complexity index is 767. The van der Waals surface area contributed by atoms with Crippen LogP contribution >= 0.6 is 0 Å². The van der Waals surface area contributed by atoms with Crippen molar-refractivity contribution >= 4 is 11.7 Å². The van der Waals surface area contributed by atoms with Crippen LogP contribution in [0.4, 0.5) is 0 Å². The monoisotopic (exact) mass is 351 g/mol. The summed E-state index contributed by atoms with van der Waals surface area (Å²) in [7, 11) is 0. The fourth-order valence-electron chi connectivity index (χ4n) is 3.45. The highest BCUT2D eigenvalue weighted by Crippen LogP contribution is 2.29. The number of benzene rings is 2. The van der Waals surface area contributed by atoms with Crippen LogP contribution in [0.25, 0.3) is 0 Å². The van der Waals surface area contributed by atoms with E-state index in [1.807, 2.05) is 19.1 Å². The van der Waals surface area contributed by atoms with E-state index in [1.54, 1.807) is 24.3 Å². The Hall–Kier alpha value is -2.62. The van der Waals surface area contributed by atoms with E-state index in [2.05, 4.69) is 17.4 Å². The molecule has 1 N–H and O–H groups in total. The lowest BCUT2D eigenvalue weighted by molar-refractivity contribution is -0.121. The van der Waals surface area contributed by atoms with Crippen LogP contribution in [0.5, 0.6) is 5.75 Å². The van der Waals surface area contributed by atoms with E-state index in [0.717, 1.165) is 25.0 Å². The average molecular weight is 351 g/mol. The fraction of sp³-hybridized carbons (Fsp3) is 0.364. The normalized spacial score (nSPS) is 15.8. The zero-order chi connectivity index (χ0) is 18.4. The molecule has 0 aliphatic heterocycles. The van der Waals surface area contributed by atoms with Gasteiger partial charge in [0, 0.05) is 18.4 Å². The highest BCUT2D eigenvalue weighted by Gasteiger charge is 2.21. The van der Waals surface area contributed by atoms with E-state index >= 15 is 0 Å². The fourth-order valence-corrected chi connectivity index (χ4v) is 3.45. The lowest BCUT2D eigenvalue weighted by Gasteiger charge is -2.26. The smallest absolute Gasteiger partial charge is 0.220 e. The van der Waals surface area contributed by atoms with Crippen LogP contribution in [0.1, 0.15) is 60.1 Å². The standard InChI is InChI=1S/C22H25NO3/c1-2-26-18-12-10-17(11-13-18)21(24)14-15-22(25)23-20-9-5-7-16-6-3-4-8-19(16)20/h3-4,6,8,10-13,20H,2,5,7,9,14-15H2,1H3,(H,23,25)/t20-/m0/s1. The largest absolute Gasteiger partial charge is 0.494 e. The van der Waals surface area contributed by atoms with Gasteiger partial charge in [0.25, 0.3) is 0 Å². The van der Waals surface area contributed by atoms with Gasteiger partial charge in [0.05, 0.1) is 12.6 Å². The minimum Gasteiger partial charge on any atom is -0.494 e. The van der Waals surface area contributed by atoms with Gasteiger partial charge in [-0.3, -0.25) is 9.59 Å². The lowest BCUT2D eigenvalue weighted by atomic mass is 9.87. The Morgan fingerprint density at radius 2 is 1.85 bits per heavy atom. The molecule has 0 radical (unpaired) electrons. The number of nitrogens with one attached hydrogen (secondary N) is 1. The van der Waals surface area contributed by atoms with Crippen molar-refractivity contribution in [2.45, 2.75) is 45.1 Å². The zero-order valence-electron chi connectivity index (χ0n) is 15.2. The predicted octanol–water partition coefficient (Wildman–Crippen LogP) is 4.24. The number of fused-ring (bicyclic) bond motifs is 1. The molecule has 0 fully saturated rings. The molecule has 1 aliphatic rings. The van der Waals surface area contributed by atoms with Gasteiger partial charge in [-0.2, -0.15) is 0 Å². The van der Waals surface area contributed by atoms with Gasteiger partial charge < -0.3 is 10.1 Å². The second-order valence-corrected chi connectivity index (χ2v) is 6.59. The topological polar surface area (TPSA) is 55.4 Å². The van der Waals surface area contributed by atoms with Crippen LogP contribution in [-0.2, 0) is 11.2 Å². The summed E-state index contributed by atoms with van der Waals surface area (Å²) < 4.78 is 5.38. The third-order valence-corrected chi connectivity index (χ3v) is 4.77. The summed E-state index contributed by atoms with van der Waals surface area (Å²) in [5.41, 5.74) is 3.14. The molecule has 0 unspecified atom stereocenters. The number of aryl methyl sites for hydroxylation is 1. The molecule has 2 aromatic carbocycles. The second-order valence-electron chi connectivity index (χ2n) is 6.59. The van der Waals surface area contributed by atoms with Crippen LogP contribution in [0.3, 0.4) is 0 Å². The molecule has 0 heterocycles. The molecular formula is C22H25NO3. The van der Waals surface area contributed by atoms with Gasteiger partial charge in [0.2, 0.25) is 5.91 Å². The number of hydrogen-bond donors (Lipinski definition) is 1. The number of carbonyl (C=O) groups is 2. The van der Waals surface area contributed by atoms with E-state index in [0.29, 0.717) is 12.2 Å². The molecule has 0 spiro atoms. The van der Waals surface area contributed by atoms with Crippen molar-refractivity contribution in [3.63, 3.8) is 0 Å². The summed E-state index contributed by atoms with van der Waals surface area (Å²) in [6, 6.07) is 15.4. The third kappa shape index (κ3) is 4.51. The summed E-state index contributed by atoms with van der Waals surface area (Å²) in [5, 5.41) is 3.10. The molecule has 1 aliphatic carbocycles. The Labute approximate surface area is 154 Å². The highest BCUT2D eigenvalue weighted by molar-refractivity contribution is 5.98. The van der Waals surface area contributed by atoms with E-state index in [1.165, 1.54) is 11.1 Å². The molecule has 4 heteroatoms. The quantitative estimate of drug-likeness (QED) is 0.759. The summed E-state index contributed by atoms with van der Waals surface area (Å²) in [4.78, 5) is 24.6. The summed E-state index contributed by atoms with van der Waals surface area (Å²) in [5.74, 6) is 0.663. The summed E-state index contributed by atoms with van der Waals surface area (Å²) in [6.07, 6.45) is 3.53. The first-order chi connectivity index (χ1) is 12.7. The predicted molar refractivity (Wildman–Crippen MR) is 101 cm³/mol. The maximum atomic E-state index is 12.3. The molecule has 136 valence electrons. The first-order valence-corrected chi connectivity index (χ1v) is 9.30. The number of amides is 1. The van der Waals surface area contributed by atoms with Gasteiger partial charge in [-0.15, -0.1) is 0 Å². The number of hydrogen-bond acceptors (Lipinski definition) is 3. The second kappa shape index (κ2) is 8.65. The van der Waals surface area contributed by atoms with Crippen LogP contribution in [0.15, 0.2) is 48.5 Å². The molecule has 0 aromatic heterocycles. The lowest BCUT2D eigenvalue weighted by Crippen LogP contribution is -2.31. The van der Waals surface area contributed by atoms with Crippen molar-refractivity contribution in [2.24, 2.45) is 0 Å². The first kappa shape index (κ1) is 18.2. The SMILES string of the molecule is CCOc1ccc(C(=O)CCC(=O)N[C@H]2CCCc3ccccc32)cc1. The number of Topliss-reactive ketones (excluding diaryl/α,β-unsaturated/α-hetero) is 1. The van der Waals surface area contributed by atoms with Crippen LogP contribution in [0, 0.1) is 0 Å². The molecule has 4 nitrogen and oxygen atoms in total. The van der Waals surface area contributed by atoms with Crippen molar-refractivity contribution < 1.29 is 14.3 Å². The minimum absolute atomic E-state index is 0.0211. The van der Waals surface area contributed by atoms with Crippen molar-refractivity contribution in [1.82, 2.24) is 5.32 Å². The minimum atomic E-state index is -0.0639. The van der Waals surface area contributed by atoms with Crippen LogP contribution in [0.2, 0.25) is 0 Å².